The Kier molecular flexibility index (Phi) is 3.21. The van der Waals surface area contributed by atoms with Gasteiger partial charge in [-0.1, -0.05) is 6.92 Å². The lowest BCUT2D eigenvalue weighted by atomic mass is 9.83. The van der Waals surface area contributed by atoms with E-state index in [0.29, 0.717) is 18.8 Å². The van der Waals surface area contributed by atoms with Crippen molar-refractivity contribution >= 4 is 5.96 Å². The van der Waals surface area contributed by atoms with Crippen LogP contribution in [0.4, 0.5) is 4.39 Å². The second-order valence-electron chi connectivity index (χ2n) is 4.77. The fraction of sp³-hybridized carbons (Fsp3) is 0.500. The zero-order chi connectivity index (χ0) is 13.3. The van der Waals surface area contributed by atoms with Gasteiger partial charge in [0, 0.05) is 19.0 Å². The van der Waals surface area contributed by atoms with E-state index >= 15 is 0 Å². The van der Waals surface area contributed by atoms with Crippen molar-refractivity contribution in [3.05, 3.63) is 29.8 Å². The Morgan fingerprint density at radius 1 is 1.67 bits per heavy atom. The molecule has 98 valence electrons. The number of pyridine rings is 1. The molecular weight excluding hydrogens is 233 g/mol. The van der Waals surface area contributed by atoms with E-state index in [1.54, 1.807) is 11.0 Å². The van der Waals surface area contributed by atoms with Crippen LogP contribution in [-0.2, 0) is 5.54 Å². The van der Waals surface area contributed by atoms with Crippen LogP contribution in [0.15, 0.2) is 18.3 Å². The van der Waals surface area contributed by atoms with E-state index in [1.807, 2.05) is 6.92 Å². The number of nitrogens with one attached hydrogen (secondary N) is 1. The van der Waals surface area contributed by atoms with Crippen LogP contribution in [0.3, 0.4) is 0 Å². The Bertz CT molecular complexity index is 446. The van der Waals surface area contributed by atoms with Crippen molar-refractivity contribution in [1.29, 1.82) is 5.41 Å². The molecule has 6 heteroatoms. The molecule has 0 spiro atoms. The van der Waals surface area contributed by atoms with Crippen LogP contribution in [0.2, 0.25) is 0 Å². The van der Waals surface area contributed by atoms with Crippen molar-refractivity contribution in [3.8, 4) is 0 Å². The molecule has 0 bridgehead atoms. The Morgan fingerprint density at radius 3 is 2.89 bits per heavy atom. The second-order valence-corrected chi connectivity index (χ2v) is 4.77. The van der Waals surface area contributed by atoms with Gasteiger partial charge in [-0.15, -0.1) is 0 Å². The third kappa shape index (κ3) is 2.03. The van der Waals surface area contributed by atoms with Crippen LogP contribution in [0.1, 0.15) is 19.0 Å². The van der Waals surface area contributed by atoms with E-state index in [-0.39, 0.29) is 17.7 Å². The molecule has 5 N–H and O–H groups in total. The minimum atomic E-state index is -0.672. The van der Waals surface area contributed by atoms with Crippen LogP contribution < -0.4 is 11.5 Å². The highest BCUT2D eigenvalue weighted by atomic mass is 19.1. The van der Waals surface area contributed by atoms with E-state index in [4.69, 9.17) is 16.9 Å². The van der Waals surface area contributed by atoms with Gasteiger partial charge in [-0.2, -0.15) is 0 Å². The molecular formula is C12H18FN5. The zero-order valence-electron chi connectivity index (χ0n) is 10.4. The predicted octanol–water partition coefficient (Wildman–Crippen LogP) is 0.610. The highest BCUT2D eigenvalue weighted by molar-refractivity contribution is 5.75. The molecule has 0 aliphatic carbocycles. The fourth-order valence-electron chi connectivity index (χ4n) is 2.56. The van der Waals surface area contributed by atoms with Gasteiger partial charge >= 0.3 is 0 Å². The Labute approximate surface area is 105 Å². The van der Waals surface area contributed by atoms with Crippen molar-refractivity contribution in [2.24, 2.45) is 17.4 Å². The van der Waals surface area contributed by atoms with Gasteiger partial charge in [-0.3, -0.25) is 10.4 Å². The molecule has 2 unspecified atom stereocenters. The van der Waals surface area contributed by atoms with Crippen LogP contribution in [0.25, 0.3) is 0 Å². The average molecular weight is 251 g/mol. The Hall–Kier alpha value is -1.69. The third-order valence-electron chi connectivity index (χ3n) is 3.66. The van der Waals surface area contributed by atoms with Crippen molar-refractivity contribution in [2.45, 2.75) is 18.9 Å². The Balaban J connectivity index is 2.33. The van der Waals surface area contributed by atoms with E-state index < -0.39 is 5.54 Å². The van der Waals surface area contributed by atoms with Crippen molar-refractivity contribution < 1.29 is 4.39 Å². The molecule has 1 aromatic heterocycles. The standard InChI is InChI=1S/C12H18FN5/c1-2-8-6-18(11(14)15)7-12(8,16)10-4-3-9(13)5-17-10/h3-5,8H,2,6-7,16H2,1H3,(H3,14,15). The summed E-state index contributed by atoms with van der Waals surface area (Å²) < 4.78 is 12.9. The molecule has 2 atom stereocenters. The maximum Gasteiger partial charge on any atom is 0.188 e. The number of guanidine groups is 1. The van der Waals surface area contributed by atoms with Crippen molar-refractivity contribution in [2.75, 3.05) is 13.1 Å². The molecule has 1 aliphatic heterocycles. The second kappa shape index (κ2) is 4.53. The number of aromatic nitrogens is 1. The van der Waals surface area contributed by atoms with Crippen LogP contribution in [0, 0.1) is 17.1 Å². The quantitative estimate of drug-likeness (QED) is 0.530. The first-order valence-electron chi connectivity index (χ1n) is 5.97. The van der Waals surface area contributed by atoms with Gasteiger partial charge in [0.05, 0.1) is 17.4 Å². The number of nitrogens with two attached hydrogens (primary N) is 2. The van der Waals surface area contributed by atoms with E-state index in [0.717, 1.165) is 6.42 Å². The van der Waals surface area contributed by atoms with Crippen molar-refractivity contribution in [1.82, 2.24) is 9.88 Å². The molecule has 0 saturated carbocycles. The predicted molar refractivity (Wildman–Crippen MR) is 67.3 cm³/mol. The molecule has 1 saturated heterocycles. The minimum absolute atomic E-state index is 0.0166. The van der Waals surface area contributed by atoms with E-state index in [9.17, 15) is 4.39 Å². The molecule has 1 aromatic rings. The average Bonchev–Trinajstić information content (AvgIpc) is 2.68. The van der Waals surface area contributed by atoms with Gasteiger partial charge in [-0.05, 0) is 18.6 Å². The first-order valence-corrected chi connectivity index (χ1v) is 5.97. The summed E-state index contributed by atoms with van der Waals surface area (Å²) in [7, 11) is 0. The van der Waals surface area contributed by atoms with Gasteiger partial charge in [0.2, 0.25) is 0 Å². The van der Waals surface area contributed by atoms with Crippen molar-refractivity contribution in [3.63, 3.8) is 0 Å². The summed E-state index contributed by atoms with van der Waals surface area (Å²) >= 11 is 0. The largest absolute Gasteiger partial charge is 0.370 e. The summed E-state index contributed by atoms with van der Waals surface area (Å²) in [5.74, 6) is -0.209. The normalized spacial score (nSPS) is 27.5. The molecule has 2 rings (SSSR count). The van der Waals surface area contributed by atoms with Crippen LogP contribution in [0.5, 0.6) is 0 Å². The molecule has 1 fully saturated rings. The SMILES string of the molecule is CCC1CN(C(=N)N)CC1(N)c1ccc(F)cn1. The topological polar surface area (TPSA) is 92.0 Å². The molecule has 0 aromatic carbocycles. The van der Waals surface area contributed by atoms with Crippen LogP contribution >= 0.6 is 0 Å². The van der Waals surface area contributed by atoms with Gasteiger partial charge < -0.3 is 16.4 Å². The summed E-state index contributed by atoms with van der Waals surface area (Å²) in [6.45, 7) is 3.13. The number of halogens is 1. The first kappa shape index (κ1) is 12.8. The lowest BCUT2D eigenvalue weighted by Gasteiger charge is -2.29. The highest BCUT2D eigenvalue weighted by Crippen LogP contribution is 2.35. The van der Waals surface area contributed by atoms with E-state index in [2.05, 4.69) is 4.98 Å². The van der Waals surface area contributed by atoms with Gasteiger partial charge in [0.1, 0.15) is 5.82 Å². The monoisotopic (exact) mass is 251 g/mol. The summed E-state index contributed by atoms with van der Waals surface area (Å²) in [6, 6.07) is 2.97. The maximum atomic E-state index is 12.9. The minimum Gasteiger partial charge on any atom is -0.370 e. The zero-order valence-corrected chi connectivity index (χ0v) is 10.4. The lowest BCUT2D eigenvalue weighted by molar-refractivity contribution is 0.334. The van der Waals surface area contributed by atoms with Crippen LogP contribution in [-0.4, -0.2) is 28.9 Å². The lowest BCUT2D eigenvalue weighted by Crippen LogP contribution is -2.46. The number of likely N-dealkylation sites (tertiary alicyclic amines) is 1. The number of nitrogens with zero attached hydrogens (tertiary/aromatic N) is 2. The third-order valence-corrected chi connectivity index (χ3v) is 3.66. The van der Waals surface area contributed by atoms with E-state index in [1.165, 1.54) is 12.3 Å². The maximum absolute atomic E-state index is 12.9. The molecule has 1 aliphatic rings. The van der Waals surface area contributed by atoms with Gasteiger partial charge in [0.15, 0.2) is 5.96 Å². The first-order chi connectivity index (χ1) is 8.47. The number of hydrogen-bond donors (Lipinski definition) is 3. The fourth-order valence-corrected chi connectivity index (χ4v) is 2.56. The molecule has 5 nitrogen and oxygen atoms in total. The Morgan fingerprint density at radius 2 is 2.39 bits per heavy atom. The smallest absolute Gasteiger partial charge is 0.188 e. The highest BCUT2D eigenvalue weighted by Gasteiger charge is 2.45. The summed E-state index contributed by atoms with van der Waals surface area (Å²) in [5, 5.41) is 7.50. The summed E-state index contributed by atoms with van der Waals surface area (Å²) in [4.78, 5) is 5.82. The number of rotatable bonds is 2. The summed E-state index contributed by atoms with van der Waals surface area (Å²) in [6.07, 6.45) is 2.03. The molecule has 2 heterocycles. The number of hydrogen-bond acceptors (Lipinski definition) is 3. The molecule has 0 amide bonds. The molecule has 18 heavy (non-hydrogen) atoms. The van der Waals surface area contributed by atoms with Gasteiger partial charge in [-0.25, -0.2) is 4.39 Å². The molecule has 0 radical (unpaired) electrons. The van der Waals surface area contributed by atoms with Gasteiger partial charge in [0.25, 0.3) is 0 Å². The summed E-state index contributed by atoms with van der Waals surface area (Å²) in [5.41, 5.74) is 11.9.